The van der Waals surface area contributed by atoms with Crippen LogP contribution in [0.5, 0.6) is 0 Å². The van der Waals surface area contributed by atoms with Crippen LogP contribution in [-0.2, 0) is 6.42 Å². The molecule has 0 atom stereocenters. The van der Waals surface area contributed by atoms with Crippen molar-refractivity contribution in [2.24, 2.45) is 0 Å². The highest BCUT2D eigenvalue weighted by molar-refractivity contribution is 5.52. The quantitative estimate of drug-likeness (QED) is 0.554. The van der Waals surface area contributed by atoms with Crippen molar-refractivity contribution < 1.29 is 0 Å². The van der Waals surface area contributed by atoms with Crippen molar-refractivity contribution in [3.63, 3.8) is 0 Å². The lowest BCUT2D eigenvalue weighted by atomic mass is 10.1. The van der Waals surface area contributed by atoms with Crippen LogP contribution < -0.4 is 10.9 Å². The second-order valence-corrected chi connectivity index (χ2v) is 2.26. The van der Waals surface area contributed by atoms with Gasteiger partial charge in [-0.2, -0.15) is 0 Å². The van der Waals surface area contributed by atoms with E-state index in [0.29, 0.717) is 0 Å². The Morgan fingerprint density at radius 2 is 2.20 bits per heavy atom. The number of nitrogens with one attached hydrogen (secondary N) is 2. The van der Waals surface area contributed by atoms with Gasteiger partial charge in [-0.1, -0.05) is 18.2 Å². The molecule has 0 saturated heterocycles. The van der Waals surface area contributed by atoms with Crippen molar-refractivity contribution in [1.29, 1.82) is 0 Å². The van der Waals surface area contributed by atoms with E-state index in [0.717, 1.165) is 12.1 Å². The number of para-hydroxylation sites is 1. The summed E-state index contributed by atoms with van der Waals surface area (Å²) in [7, 11) is 0. The Labute approximate surface area is 60.2 Å². The molecule has 1 aromatic carbocycles. The van der Waals surface area contributed by atoms with Crippen LogP contribution in [0.15, 0.2) is 24.3 Å². The van der Waals surface area contributed by atoms with Gasteiger partial charge < -0.3 is 5.43 Å². The minimum absolute atomic E-state index is 0.878. The standard InChI is InChI=1S/C8H8N2/c1-2-4-8-7(3-1)5-6-9-10-8/h1-4,9-10H,5H2. The molecule has 2 nitrogen and oxygen atoms in total. The Bertz CT molecular complexity index is 207. The van der Waals surface area contributed by atoms with Gasteiger partial charge in [0.05, 0.1) is 12.2 Å². The number of benzene rings is 1. The molecule has 0 aromatic heterocycles. The summed E-state index contributed by atoms with van der Waals surface area (Å²) in [5, 5.41) is 0. The molecule has 0 saturated carbocycles. The number of hydrogen-bond acceptors (Lipinski definition) is 2. The van der Waals surface area contributed by atoms with E-state index in [4.69, 9.17) is 0 Å². The lowest BCUT2D eigenvalue weighted by Crippen LogP contribution is -2.24. The maximum atomic E-state index is 3.00. The van der Waals surface area contributed by atoms with Crippen LogP contribution in [0, 0.1) is 6.54 Å². The smallest absolute Gasteiger partial charge is 0.0854 e. The van der Waals surface area contributed by atoms with Crippen molar-refractivity contribution in [2.75, 3.05) is 5.43 Å². The van der Waals surface area contributed by atoms with Crippen molar-refractivity contribution in [3.05, 3.63) is 36.4 Å². The van der Waals surface area contributed by atoms with Crippen LogP contribution in [0.1, 0.15) is 5.56 Å². The SMILES string of the molecule is [C]1Cc2ccccc2NN1. The Balaban J connectivity index is 2.41. The first-order valence-corrected chi connectivity index (χ1v) is 3.28. The molecule has 0 fully saturated rings. The molecule has 2 radical (unpaired) electrons. The first-order chi connectivity index (χ1) is 4.97. The summed E-state index contributed by atoms with van der Waals surface area (Å²) < 4.78 is 0. The van der Waals surface area contributed by atoms with Crippen molar-refractivity contribution in [3.8, 4) is 0 Å². The summed E-state index contributed by atoms with van der Waals surface area (Å²) in [5.41, 5.74) is 8.29. The zero-order valence-corrected chi connectivity index (χ0v) is 5.52. The zero-order valence-electron chi connectivity index (χ0n) is 5.52. The first-order valence-electron chi connectivity index (χ1n) is 3.28. The van der Waals surface area contributed by atoms with Crippen molar-refractivity contribution >= 4 is 5.69 Å². The minimum atomic E-state index is 0.878. The van der Waals surface area contributed by atoms with Gasteiger partial charge in [-0.3, -0.25) is 0 Å². The highest BCUT2D eigenvalue weighted by Gasteiger charge is 2.05. The predicted molar refractivity (Wildman–Crippen MR) is 40.1 cm³/mol. The lowest BCUT2D eigenvalue weighted by Gasteiger charge is -2.16. The Hall–Kier alpha value is -1.02. The average Bonchev–Trinajstić information content (AvgIpc) is 2.05. The van der Waals surface area contributed by atoms with Gasteiger partial charge in [0.15, 0.2) is 0 Å². The number of fused-ring (bicyclic) bond motifs is 1. The molecule has 0 unspecified atom stereocenters. The number of anilines is 1. The van der Waals surface area contributed by atoms with E-state index in [1.807, 2.05) is 18.2 Å². The van der Waals surface area contributed by atoms with Crippen molar-refractivity contribution in [1.82, 2.24) is 5.43 Å². The van der Waals surface area contributed by atoms with Crippen LogP contribution in [0.4, 0.5) is 5.69 Å². The Morgan fingerprint density at radius 1 is 1.30 bits per heavy atom. The second-order valence-electron chi connectivity index (χ2n) is 2.26. The topological polar surface area (TPSA) is 24.1 Å². The summed E-state index contributed by atoms with van der Waals surface area (Å²) in [4.78, 5) is 0. The molecule has 2 N–H and O–H groups in total. The van der Waals surface area contributed by atoms with E-state index >= 15 is 0 Å². The van der Waals surface area contributed by atoms with E-state index in [1.165, 1.54) is 5.56 Å². The van der Waals surface area contributed by atoms with Gasteiger partial charge in [-0.15, -0.1) is 0 Å². The van der Waals surface area contributed by atoms with E-state index in [1.54, 1.807) is 0 Å². The minimum Gasteiger partial charge on any atom is -0.321 e. The van der Waals surface area contributed by atoms with Gasteiger partial charge >= 0.3 is 0 Å². The van der Waals surface area contributed by atoms with Crippen molar-refractivity contribution in [2.45, 2.75) is 6.42 Å². The van der Waals surface area contributed by atoms with Crippen LogP contribution in [-0.4, -0.2) is 0 Å². The summed E-state index contributed by atoms with van der Waals surface area (Å²) in [6.45, 7) is 2.98. The largest absolute Gasteiger partial charge is 0.321 e. The molecule has 0 bridgehead atoms. The zero-order chi connectivity index (χ0) is 6.81. The molecule has 0 amide bonds. The first kappa shape index (κ1) is 5.74. The fourth-order valence-corrected chi connectivity index (χ4v) is 1.05. The van der Waals surface area contributed by atoms with Gasteiger partial charge in [0.1, 0.15) is 0 Å². The fraction of sp³-hybridized carbons (Fsp3) is 0.125. The molecule has 2 heteroatoms. The number of hydrazine groups is 1. The maximum absolute atomic E-state index is 3.00. The Morgan fingerprint density at radius 3 is 3.10 bits per heavy atom. The summed E-state index contributed by atoms with van der Waals surface area (Å²) in [5.74, 6) is 0. The molecule has 0 aliphatic carbocycles. The van der Waals surface area contributed by atoms with Crippen LogP contribution in [0.25, 0.3) is 0 Å². The second kappa shape index (κ2) is 2.31. The van der Waals surface area contributed by atoms with E-state index < -0.39 is 0 Å². The summed E-state index contributed by atoms with van der Waals surface area (Å²) in [6, 6.07) is 8.19. The molecule has 2 rings (SSSR count). The molecule has 1 aliphatic heterocycles. The molecular formula is C8H8N2. The molecule has 0 spiro atoms. The maximum Gasteiger partial charge on any atom is 0.0854 e. The van der Waals surface area contributed by atoms with Gasteiger partial charge in [0.2, 0.25) is 0 Å². The third kappa shape index (κ3) is 0.866. The molecule has 1 heterocycles. The molecule has 1 aromatic rings. The van der Waals surface area contributed by atoms with Gasteiger partial charge in [0.25, 0.3) is 0 Å². The van der Waals surface area contributed by atoms with Gasteiger partial charge in [-0.05, 0) is 18.1 Å². The highest BCUT2D eigenvalue weighted by Crippen LogP contribution is 2.17. The Kier molecular flexibility index (Phi) is 1.32. The molecule has 10 heavy (non-hydrogen) atoms. The molecule has 1 aliphatic rings. The summed E-state index contributed by atoms with van der Waals surface area (Å²) >= 11 is 0. The third-order valence-electron chi connectivity index (χ3n) is 1.58. The van der Waals surface area contributed by atoms with Crippen LogP contribution >= 0.6 is 0 Å². The molecular weight excluding hydrogens is 124 g/mol. The fourth-order valence-electron chi connectivity index (χ4n) is 1.05. The van der Waals surface area contributed by atoms with Crippen LogP contribution in [0.3, 0.4) is 0 Å². The van der Waals surface area contributed by atoms with E-state index in [-0.39, 0.29) is 0 Å². The van der Waals surface area contributed by atoms with E-state index in [9.17, 15) is 0 Å². The van der Waals surface area contributed by atoms with Gasteiger partial charge in [0, 0.05) is 0 Å². The molecule has 50 valence electrons. The highest BCUT2D eigenvalue weighted by atomic mass is 15.4. The van der Waals surface area contributed by atoms with Gasteiger partial charge in [-0.25, -0.2) is 5.43 Å². The summed E-state index contributed by atoms with van der Waals surface area (Å²) in [6.07, 6.45) is 0.878. The number of rotatable bonds is 0. The average molecular weight is 132 g/mol. The van der Waals surface area contributed by atoms with Crippen LogP contribution in [0.2, 0.25) is 0 Å². The predicted octanol–water partition coefficient (Wildman–Crippen LogP) is 1.20. The third-order valence-corrected chi connectivity index (χ3v) is 1.58. The lowest BCUT2D eigenvalue weighted by molar-refractivity contribution is 0.854. The monoisotopic (exact) mass is 132 g/mol. The van der Waals surface area contributed by atoms with E-state index in [2.05, 4.69) is 23.5 Å². The number of hydrogen-bond donors (Lipinski definition) is 2. The normalized spacial score (nSPS) is 15.6.